The summed E-state index contributed by atoms with van der Waals surface area (Å²) in [5, 5.41) is 14.3. The van der Waals surface area contributed by atoms with Crippen molar-refractivity contribution in [2.45, 2.75) is 25.8 Å². The van der Waals surface area contributed by atoms with Gasteiger partial charge in [0.05, 0.1) is 12.2 Å². The monoisotopic (exact) mass is 332 g/mol. The molecule has 1 saturated heterocycles. The van der Waals surface area contributed by atoms with Crippen molar-refractivity contribution in [1.82, 2.24) is 30.3 Å². The maximum atomic E-state index is 12.5. The first-order valence-corrected chi connectivity index (χ1v) is 7.81. The molecule has 3 heterocycles. The minimum atomic E-state index is -0.258. The Labute approximate surface area is 139 Å². The summed E-state index contributed by atoms with van der Waals surface area (Å²) in [6, 6.07) is -0.173. The number of amides is 2. The van der Waals surface area contributed by atoms with Crippen molar-refractivity contribution >= 4 is 11.8 Å². The SMILES string of the molecule is CC(C)C(=O)N[C@@H]1CN(C(=O)c2cnon2)C[C@H]1c1cnn(C)c1. The number of aryl methyl sites for hydroxylation is 1. The Morgan fingerprint density at radius 1 is 1.33 bits per heavy atom. The van der Waals surface area contributed by atoms with Gasteiger partial charge in [0, 0.05) is 38.2 Å². The molecule has 0 spiro atoms. The fraction of sp³-hybridized carbons (Fsp3) is 0.533. The van der Waals surface area contributed by atoms with Crippen LogP contribution in [-0.4, -0.2) is 55.9 Å². The molecule has 128 valence electrons. The lowest BCUT2D eigenvalue weighted by Gasteiger charge is -2.19. The highest BCUT2D eigenvalue weighted by atomic mass is 16.6. The number of carbonyl (C=O) groups is 2. The Kier molecular flexibility index (Phi) is 4.32. The van der Waals surface area contributed by atoms with Crippen molar-refractivity contribution in [1.29, 1.82) is 0 Å². The lowest BCUT2D eigenvalue weighted by Crippen LogP contribution is -2.42. The first-order chi connectivity index (χ1) is 11.5. The van der Waals surface area contributed by atoms with E-state index in [1.165, 1.54) is 6.20 Å². The molecular formula is C15H20N6O3. The van der Waals surface area contributed by atoms with Gasteiger partial charge in [-0.05, 0) is 10.7 Å². The van der Waals surface area contributed by atoms with Crippen LogP contribution >= 0.6 is 0 Å². The van der Waals surface area contributed by atoms with Gasteiger partial charge in [0.15, 0.2) is 5.69 Å². The Morgan fingerprint density at radius 3 is 2.71 bits per heavy atom. The summed E-state index contributed by atoms with van der Waals surface area (Å²) >= 11 is 0. The molecule has 1 fully saturated rings. The van der Waals surface area contributed by atoms with Crippen LogP contribution in [0.5, 0.6) is 0 Å². The van der Waals surface area contributed by atoms with Gasteiger partial charge >= 0.3 is 0 Å². The molecule has 0 aliphatic carbocycles. The summed E-state index contributed by atoms with van der Waals surface area (Å²) in [5.41, 5.74) is 1.15. The molecule has 0 aromatic carbocycles. The Morgan fingerprint density at radius 2 is 2.12 bits per heavy atom. The molecule has 1 N–H and O–H groups in total. The van der Waals surface area contributed by atoms with E-state index in [1.807, 2.05) is 27.1 Å². The van der Waals surface area contributed by atoms with Crippen molar-refractivity contribution in [3.63, 3.8) is 0 Å². The van der Waals surface area contributed by atoms with Gasteiger partial charge in [-0.1, -0.05) is 19.0 Å². The summed E-state index contributed by atoms with van der Waals surface area (Å²) in [6.45, 7) is 4.56. The fourth-order valence-corrected chi connectivity index (χ4v) is 2.86. The number of hydrogen-bond donors (Lipinski definition) is 1. The van der Waals surface area contributed by atoms with Gasteiger partial charge in [-0.3, -0.25) is 14.3 Å². The quantitative estimate of drug-likeness (QED) is 0.856. The van der Waals surface area contributed by atoms with E-state index in [0.717, 1.165) is 5.56 Å². The minimum Gasteiger partial charge on any atom is -0.351 e. The molecule has 0 radical (unpaired) electrons. The predicted octanol–water partition coefficient (Wildman–Crippen LogP) is 0.184. The third-order valence-corrected chi connectivity index (χ3v) is 4.19. The number of likely N-dealkylation sites (tertiary alicyclic amines) is 1. The van der Waals surface area contributed by atoms with Crippen LogP contribution in [0.25, 0.3) is 0 Å². The molecule has 2 aromatic rings. The maximum Gasteiger partial charge on any atom is 0.277 e. The smallest absolute Gasteiger partial charge is 0.277 e. The van der Waals surface area contributed by atoms with E-state index < -0.39 is 0 Å². The molecule has 0 saturated carbocycles. The van der Waals surface area contributed by atoms with Gasteiger partial charge in [0.25, 0.3) is 5.91 Å². The molecule has 24 heavy (non-hydrogen) atoms. The van der Waals surface area contributed by atoms with Gasteiger partial charge in [0.2, 0.25) is 5.91 Å². The predicted molar refractivity (Wildman–Crippen MR) is 82.9 cm³/mol. The third kappa shape index (κ3) is 3.15. The summed E-state index contributed by atoms with van der Waals surface area (Å²) in [7, 11) is 1.84. The molecule has 9 heteroatoms. The zero-order valence-corrected chi connectivity index (χ0v) is 13.8. The normalized spacial score (nSPS) is 20.6. The molecule has 2 amide bonds. The van der Waals surface area contributed by atoms with Crippen molar-refractivity contribution in [2.75, 3.05) is 13.1 Å². The van der Waals surface area contributed by atoms with E-state index in [4.69, 9.17) is 0 Å². The summed E-state index contributed by atoms with van der Waals surface area (Å²) in [4.78, 5) is 26.3. The maximum absolute atomic E-state index is 12.5. The number of hydrogen-bond acceptors (Lipinski definition) is 6. The van der Waals surface area contributed by atoms with E-state index in [2.05, 4.69) is 25.4 Å². The number of aromatic nitrogens is 4. The van der Waals surface area contributed by atoms with Crippen LogP contribution in [-0.2, 0) is 11.8 Å². The van der Waals surface area contributed by atoms with Gasteiger partial charge in [-0.15, -0.1) is 0 Å². The number of rotatable bonds is 4. The zero-order chi connectivity index (χ0) is 17.3. The summed E-state index contributed by atoms with van der Waals surface area (Å²) in [6.07, 6.45) is 4.97. The molecule has 2 atom stereocenters. The molecular weight excluding hydrogens is 312 g/mol. The third-order valence-electron chi connectivity index (χ3n) is 4.19. The van der Waals surface area contributed by atoms with Crippen LogP contribution in [0.15, 0.2) is 23.2 Å². The Bertz CT molecular complexity index is 723. The summed E-state index contributed by atoms with van der Waals surface area (Å²) in [5.74, 6) is -0.438. The minimum absolute atomic E-state index is 0.0230. The molecule has 0 unspecified atom stereocenters. The Balaban J connectivity index is 1.81. The standard InChI is InChI=1S/C15H20N6O3/c1-9(2)14(22)18-13-8-21(15(23)12-5-17-24-19-12)7-11(13)10-4-16-20(3)6-10/h4-6,9,11,13H,7-8H2,1-3H3,(H,18,22)/t11-,13+/m0/s1. The summed E-state index contributed by atoms with van der Waals surface area (Å²) < 4.78 is 6.21. The van der Waals surface area contributed by atoms with Gasteiger partial charge < -0.3 is 10.2 Å². The van der Waals surface area contributed by atoms with Crippen LogP contribution in [0.4, 0.5) is 0 Å². The Hall–Kier alpha value is -2.71. The second-order valence-corrected chi connectivity index (χ2v) is 6.33. The first kappa shape index (κ1) is 16.2. The largest absolute Gasteiger partial charge is 0.351 e. The number of nitrogens with one attached hydrogen (secondary N) is 1. The molecule has 1 aliphatic heterocycles. The molecule has 3 rings (SSSR count). The van der Waals surface area contributed by atoms with Gasteiger partial charge in [-0.2, -0.15) is 5.10 Å². The van der Waals surface area contributed by atoms with E-state index in [1.54, 1.807) is 15.8 Å². The van der Waals surface area contributed by atoms with Crippen LogP contribution in [0.1, 0.15) is 35.8 Å². The van der Waals surface area contributed by atoms with Crippen LogP contribution < -0.4 is 5.32 Å². The van der Waals surface area contributed by atoms with Crippen molar-refractivity contribution in [3.8, 4) is 0 Å². The molecule has 2 aromatic heterocycles. The second-order valence-electron chi connectivity index (χ2n) is 6.33. The lowest BCUT2D eigenvalue weighted by atomic mass is 9.97. The fourth-order valence-electron chi connectivity index (χ4n) is 2.86. The highest BCUT2D eigenvalue weighted by Crippen LogP contribution is 2.28. The van der Waals surface area contributed by atoms with Gasteiger partial charge in [-0.25, -0.2) is 4.63 Å². The van der Waals surface area contributed by atoms with E-state index >= 15 is 0 Å². The average Bonchev–Trinajstić information content (AvgIpc) is 3.26. The van der Waals surface area contributed by atoms with Crippen LogP contribution in [0.3, 0.4) is 0 Å². The molecule has 9 nitrogen and oxygen atoms in total. The zero-order valence-electron chi connectivity index (χ0n) is 13.8. The van der Waals surface area contributed by atoms with Crippen molar-refractivity contribution < 1.29 is 14.2 Å². The van der Waals surface area contributed by atoms with Gasteiger partial charge in [0.1, 0.15) is 6.20 Å². The highest BCUT2D eigenvalue weighted by molar-refractivity contribution is 5.92. The van der Waals surface area contributed by atoms with E-state index in [0.29, 0.717) is 13.1 Å². The van der Waals surface area contributed by atoms with Crippen molar-refractivity contribution in [3.05, 3.63) is 29.8 Å². The second kappa shape index (κ2) is 6.42. The number of carbonyl (C=O) groups excluding carboxylic acids is 2. The number of nitrogens with zero attached hydrogens (tertiary/aromatic N) is 5. The average molecular weight is 332 g/mol. The highest BCUT2D eigenvalue weighted by Gasteiger charge is 2.38. The van der Waals surface area contributed by atoms with Crippen molar-refractivity contribution in [2.24, 2.45) is 13.0 Å². The topological polar surface area (TPSA) is 106 Å². The van der Waals surface area contributed by atoms with Crippen LogP contribution in [0.2, 0.25) is 0 Å². The first-order valence-electron chi connectivity index (χ1n) is 7.81. The molecule has 0 bridgehead atoms. The lowest BCUT2D eigenvalue weighted by molar-refractivity contribution is -0.124. The van der Waals surface area contributed by atoms with E-state index in [9.17, 15) is 9.59 Å². The molecule has 1 aliphatic rings. The van der Waals surface area contributed by atoms with E-state index in [-0.39, 0.29) is 35.4 Å². The van der Waals surface area contributed by atoms with Crippen LogP contribution in [0, 0.1) is 5.92 Å².